The standard InChI is InChI=1S/C22H25FN2O3/c1-15(26)24-21(17-5-11-20(28-2)12-6-17)13-22(27)25(19-9-10-19)14-16-3-7-18(23)8-4-16/h3-8,11-12,19,21H,9-10,13-14H2,1-2H3,(H,24,26). The first-order valence-corrected chi connectivity index (χ1v) is 9.41. The molecule has 6 heteroatoms. The molecule has 1 saturated carbocycles. The van der Waals surface area contributed by atoms with Gasteiger partial charge in [-0.05, 0) is 48.2 Å². The predicted molar refractivity (Wildman–Crippen MR) is 104 cm³/mol. The average molecular weight is 384 g/mol. The van der Waals surface area contributed by atoms with Crippen LogP contribution in [0.4, 0.5) is 4.39 Å². The van der Waals surface area contributed by atoms with Gasteiger partial charge in [0.05, 0.1) is 19.6 Å². The molecule has 2 aromatic carbocycles. The number of carbonyl (C=O) groups is 2. The van der Waals surface area contributed by atoms with Crippen molar-refractivity contribution in [1.82, 2.24) is 10.2 Å². The highest BCUT2D eigenvalue weighted by Gasteiger charge is 2.33. The number of benzene rings is 2. The van der Waals surface area contributed by atoms with Crippen LogP contribution in [-0.4, -0.2) is 29.9 Å². The lowest BCUT2D eigenvalue weighted by atomic mass is 10.0. The Kier molecular flexibility index (Phi) is 6.29. The Morgan fingerprint density at radius 3 is 2.32 bits per heavy atom. The largest absolute Gasteiger partial charge is 0.497 e. The Morgan fingerprint density at radius 1 is 1.14 bits per heavy atom. The van der Waals surface area contributed by atoms with Crippen molar-refractivity contribution < 1.29 is 18.7 Å². The highest BCUT2D eigenvalue weighted by molar-refractivity contribution is 5.79. The summed E-state index contributed by atoms with van der Waals surface area (Å²) >= 11 is 0. The van der Waals surface area contributed by atoms with Crippen LogP contribution in [0.25, 0.3) is 0 Å². The van der Waals surface area contributed by atoms with E-state index >= 15 is 0 Å². The van der Waals surface area contributed by atoms with Crippen LogP contribution < -0.4 is 10.1 Å². The van der Waals surface area contributed by atoms with Crippen LogP contribution in [0.3, 0.4) is 0 Å². The number of nitrogens with zero attached hydrogens (tertiary/aromatic N) is 1. The lowest BCUT2D eigenvalue weighted by Crippen LogP contribution is -2.36. The molecule has 0 heterocycles. The first-order valence-electron chi connectivity index (χ1n) is 9.41. The second kappa shape index (κ2) is 8.87. The van der Waals surface area contributed by atoms with Crippen LogP contribution in [0, 0.1) is 5.82 Å². The van der Waals surface area contributed by atoms with Crippen LogP contribution in [0.5, 0.6) is 5.75 Å². The Hall–Kier alpha value is -2.89. The fourth-order valence-corrected chi connectivity index (χ4v) is 3.22. The summed E-state index contributed by atoms with van der Waals surface area (Å²) in [6, 6.07) is 13.3. The number of carbonyl (C=O) groups excluding carboxylic acids is 2. The van der Waals surface area contributed by atoms with Crippen molar-refractivity contribution in [2.24, 2.45) is 0 Å². The molecular weight excluding hydrogens is 359 g/mol. The SMILES string of the molecule is COc1ccc(C(CC(=O)N(Cc2ccc(F)cc2)C2CC2)NC(C)=O)cc1. The van der Waals surface area contributed by atoms with Gasteiger partial charge in [-0.25, -0.2) is 4.39 Å². The number of hydrogen-bond acceptors (Lipinski definition) is 3. The highest BCUT2D eigenvalue weighted by Crippen LogP contribution is 2.31. The van der Waals surface area contributed by atoms with Crippen molar-refractivity contribution in [2.45, 2.75) is 44.8 Å². The number of hydrogen-bond donors (Lipinski definition) is 1. The second-order valence-electron chi connectivity index (χ2n) is 7.11. The van der Waals surface area contributed by atoms with Gasteiger partial charge in [0.2, 0.25) is 11.8 Å². The third kappa shape index (κ3) is 5.31. The van der Waals surface area contributed by atoms with E-state index in [1.165, 1.54) is 19.1 Å². The van der Waals surface area contributed by atoms with E-state index < -0.39 is 6.04 Å². The maximum absolute atomic E-state index is 13.2. The van der Waals surface area contributed by atoms with E-state index in [0.29, 0.717) is 12.3 Å². The van der Waals surface area contributed by atoms with Crippen molar-refractivity contribution in [1.29, 1.82) is 0 Å². The van der Waals surface area contributed by atoms with Gasteiger partial charge >= 0.3 is 0 Å². The van der Waals surface area contributed by atoms with Crippen molar-refractivity contribution in [3.05, 3.63) is 65.5 Å². The smallest absolute Gasteiger partial charge is 0.225 e. The zero-order valence-corrected chi connectivity index (χ0v) is 16.2. The molecule has 0 saturated heterocycles. The lowest BCUT2D eigenvalue weighted by Gasteiger charge is -2.26. The minimum absolute atomic E-state index is 0.0265. The summed E-state index contributed by atoms with van der Waals surface area (Å²) in [6.07, 6.45) is 2.12. The topological polar surface area (TPSA) is 58.6 Å². The first-order chi connectivity index (χ1) is 13.5. The molecule has 1 unspecified atom stereocenters. The van der Waals surface area contributed by atoms with Gasteiger partial charge in [-0.15, -0.1) is 0 Å². The van der Waals surface area contributed by atoms with Gasteiger partial charge < -0.3 is 15.0 Å². The molecule has 0 aromatic heterocycles. The van der Waals surface area contributed by atoms with E-state index in [1.54, 1.807) is 19.2 Å². The Balaban J connectivity index is 1.74. The molecule has 0 bridgehead atoms. The minimum atomic E-state index is -0.412. The summed E-state index contributed by atoms with van der Waals surface area (Å²) in [5, 5.41) is 2.87. The zero-order valence-electron chi connectivity index (χ0n) is 16.2. The van der Waals surface area contributed by atoms with Gasteiger partial charge in [0.1, 0.15) is 11.6 Å². The normalized spacial score (nSPS) is 14.2. The molecule has 0 aliphatic heterocycles. The molecule has 2 amide bonds. The summed E-state index contributed by atoms with van der Waals surface area (Å²) in [7, 11) is 1.59. The number of ether oxygens (including phenoxy) is 1. The van der Waals surface area contributed by atoms with Crippen LogP contribution in [0.2, 0.25) is 0 Å². The van der Waals surface area contributed by atoms with Crippen molar-refractivity contribution in [3.63, 3.8) is 0 Å². The molecule has 0 radical (unpaired) electrons. The summed E-state index contributed by atoms with van der Waals surface area (Å²) in [6.45, 7) is 1.89. The van der Waals surface area contributed by atoms with Crippen LogP contribution in [-0.2, 0) is 16.1 Å². The maximum atomic E-state index is 13.2. The molecule has 2 aromatic rings. The second-order valence-corrected chi connectivity index (χ2v) is 7.11. The molecule has 28 heavy (non-hydrogen) atoms. The summed E-state index contributed by atoms with van der Waals surface area (Å²) in [5.41, 5.74) is 1.74. The third-order valence-corrected chi connectivity index (χ3v) is 4.85. The van der Waals surface area contributed by atoms with Crippen molar-refractivity contribution >= 4 is 11.8 Å². The quantitative estimate of drug-likeness (QED) is 0.757. The minimum Gasteiger partial charge on any atom is -0.497 e. The van der Waals surface area contributed by atoms with Crippen LogP contribution >= 0.6 is 0 Å². The van der Waals surface area contributed by atoms with E-state index in [2.05, 4.69) is 5.32 Å². The Morgan fingerprint density at radius 2 is 1.79 bits per heavy atom. The summed E-state index contributed by atoms with van der Waals surface area (Å²) in [5.74, 6) is 0.206. The van der Waals surface area contributed by atoms with Gasteiger partial charge in [0.25, 0.3) is 0 Å². The average Bonchev–Trinajstić information content (AvgIpc) is 3.51. The number of rotatable bonds is 8. The van der Waals surface area contributed by atoms with Gasteiger partial charge in [0.15, 0.2) is 0 Å². The maximum Gasteiger partial charge on any atom is 0.225 e. The Bertz CT molecular complexity index is 817. The molecule has 1 fully saturated rings. The molecule has 0 spiro atoms. The zero-order chi connectivity index (χ0) is 20.1. The van der Waals surface area contributed by atoms with Crippen LogP contribution in [0.15, 0.2) is 48.5 Å². The van der Waals surface area contributed by atoms with Crippen molar-refractivity contribution in [2.75, 3.05) is 7.11 Å². The van der Waals surface area contributed by atoms with E-state index in [4.69, 9.17) is 4.74 Å². The monoisotopic (exact) mass is 384 g/mol. The third-order valence-electron chi connectivity index (χ3n) is 4.85. The number of nitrogens with one attached hydrogen (secondary N) is 1. The molecular formula is C22H25FN2O3. The number of methoxy groups -OCH3 is 1. The predicted octanol–water partition coefficient (Wildman–Crippen LogP) is 3.59. The lowest BCUT2D eigenvalue weighted by molar-refractivity contribution is -0.133. The van der Waals surface area contributed by atoms with Gasteiger partial charge in [-0.3, -0.25) is 9.59 Å². The molecule has 148 valence electrons. The van der Waals surface area contributed by atoms with E-state index in [1.807, 2.05) is 29.2 Å². The molecule has 1 aliphatic carbocycles. The fraction of sp³-hybridized carbons (Fsp3) is 0.364. The number of halogens is 1. The number of amides is 2. The molecule has 5 nitrogen and oxygen atoms in total. The molecule has 1 N–H and O–H groups in total. The van der Waals surface area contributed by atoms with E-state index in [9.17, 15) is 14.0 Å². The van der Waals surface area contributed by atoms with E-state index in [0.717, 1.165) is 24.0 Å². The molecule has 1 aliphatic rings. The molecule has 1 atom stereocenters. The van der Waals surface area contributed by atoms with Gasteiger partial charge in [-0.1, -0.05) is 24.3 Å². The highest BCUT2D eigenvalue weighted by atomic mass is 19.1. The van der Waals surface area contributed by atoms with Gasteiger partial charge in [0, 0.05) is 19.5 Å². The Labute approximate surface area is 164 Å². The van der Waals surface area contributed by atoms with Crippen molar-refractivity contribution in [3.8, 4) is 5.75 Å². The van der Waals surface area contributed by atoms with Gasteiger partial charge in [-0.2, -0.15) is 0 Å². The molecule has 3 rings (SSSR count). The van der Waals surface area contributed by atoms with E-state index in [-0.39, 0.29) is 30.1 Å². The van der Waals surface area contributed by atoms with Crippen LogP contribution in [0.1, 0.15) is 43.4 Å². The fourth-order valence-electron chi connectivity index (χ4n) is 3.22. The first kappa shape index (κ1) is 19.9. The summed E-state index contributed by atoms with van der Waals surface area (Å²) < 4.78 is 18.3. The summed E-state index contributed by atoms with van der Waals surface area (Å²) in [4.78, 5) is 26.6.